The van der Waals surface area contributed by atoms with Crippen molar-refractivity contribution in [1.29, 1.82) is 0 Å². The quantitative estimate of drug-likeness (QED) is 0.384. The summed E-state index contributed by atoms with van der Waals surface area (Å²) in [7, 11) is 3.09. The first kappa shape index (κ1) is 21.1. The minimum Gasteiger partial charge on any atom is -0.493 e. The van der Waals surface area contributed by atoms with E-state index in [1.54, 1.807) is 36.4 Å². The molecule has 0 spiro atoms. The van der Waals surface area contributed by atoms with E-state index in [2.05, 4.69) is 4.98 Å². The number of aromatic nitrogens is 2. The van der Waals surface area contributed by atoms with Crippen LogP contribution in [0.2, 0.25) is 5.02 Å². The topological polar surface area (TPSA) is 64.5 Å². The van der Waals surface area contributed by atoms with Gasteiger partial charge in [-0.25, -0.2) is 4.98 Å². The second-order valence-electron chi connectivity index (χ2n) is 6.82. The summed E-state index contributed by atoms with van der Waals surface area (Å²) in [6.07, 6.45) is 1.70. The van der Waals surface area contributed by atoms with Gasteiger partial charge in [0.05, 0.1) is 41.7 Å². The maximum atomic E-state index is 13.6. The zero-order valence-corrected chi connectivity index (χ0v) is 18.8. The molecule has 0 unspecified atom stereocenters. The Morgan fingerprint density at radius 1 is 1.10 bits per heavy atom. The number of amides is 1. The van der Waals surface area contributed by atoms with E-state index in [0.717, 1.165) is 21.5 Å². The third kappa shape index (κ3) is 4.19. The summed E-state index contributed by atoms with van der Waals surface area (Å²) < 4.78 is 11.5. The molecule has 2 aromatic heterocycles. The Morgan fingerprint density at radius 2 is 1.90 bits per heavy atom. The molecule has 6 nitrogen and oxygen atoms in total. The average molecular weight is 454 g/mol. The lowest BCUT2D eigenvalue weighted by Gasteiger charge is -2.20. The number of pyridine rings is 1. The molecule has 2 aromatic carbocycles. The van der Waals surface area contributed by atoms with Crippen molar-refractivity contribution in [2.45, 2.75) is 13.5 Å². The van der Waals surface area contributed by atoms with E-state index in [4.69, 9.17) is 26.1 Å². The lowest BCUT2D eigenvalue weighted by Crippen LogP contribution is -2.30. The maximum Gasteiger partial charge on any atom is 0.260 e. The number of rotatable bonds is 6. The molecular weight excluding hydrogens is 434 g/mol. The van der Waals surface area contributed by atoms with Crippen LogP contribution in [-0.2, 0) is 6.54 Å². The highest BCUT2D eigenvalue weighted by molar-refractivity contribution is 7.23. The number of fused-ring (bicyclic) bond motifs is 1. The van der Waals surface area contributed by atoms with Crippen molar-refractivity contribution in [3.63, 3.8) is 0 Å². The molecule has 0 saturated carbocycles. The van der Waals surface area contributed by atoms with Crippen LogP contribution < -0.4 is 14.4 Å². The van der Waals surface area contributed by atoms with E-state index in [1.807, 2.05) is 37.3 Å². The smallest absolute Gasteiger partial charge is 0.260 e. The van der Waals surface area contributed by atoms with Gasteiger partial charge >= 0.3 is 0 Å². The molecule has 0 atom stereocenters. The molecule has 0 aliphatic heterocycles. The Labute approximate surface area is 189 Å². The van der Waals surface area contributed by atoms with Crippen molar-refractivity contribution in [3.8, 4) is 11.5 Å². The number of carbonyl (C=O) groups is 1. The zero-order valence-electron chi connectivity index (χ0n) is 17.3. The molecule has 0 aliphatic carbocycles. The number of halogens is 1. The van der Waals surface area contributed by atoms with Crippen molar-refractivity contribution < 1.29 is 14.3 Å². The molecule has 2 heterocycles. The highest BCUT2D eigenvalue weighted by atomic mass is 35.5. The molecular formula is C23H20ClN3O3S. The zero-order chi connectivity index (χ0) is 22.0. The summed E-state index contributed by atoms with van der Waals surface area (Å²) in [6, 6.07) is 14.5. The van der Waals surface area contributed by atoms with E-state index in [-0.39, 0.29) is 12.5 Å². The Hall–Kier alpha value is -3.16. The number of methoxy groups -OCH3 is 2. The lowest BCUT2D eigenvalue weighted by atomic mass is 10.1. The van der Waals surface area contributed by atoms with Gasteiger partial charge in [0.2, 0.25) is 0 Å². The molecule has 0 fully saturated rings. The summed E-state index contributed by atoms with van der Waals surface area (Å²) >= 11 is 7.79. The van der Waals surface area contributed by atoms with Crippen LogP contribution in [0.3, 0.4) is 0 Å². The summed E-state index contributed by atoms with van der Waals surface area (Å²) in [6.45, 7) is 2.24. The first-order valence-electron chi connectivity index (χ1n) is 9.51. The van der Waals surface area contributed by atoms with E-state index in [9.17, 15) is 4.79 Å². The fourth-order valence-corrected chi connectivity index (χ4v) is 4.53. The highest BCUT2D eigenvalue weighted by Gasteiger charge is 2.24. The Kier molecular flexibility index (Phi) is 6.06. The standard InChI is InChI=1S/C23H20ClN3O3S/c1-14-7-9-17(24)21-20(14)26-23(31-21)27(13-16-6-4-5-11-25-16)22(28)15-8-10-18(29-2)19(12-15)30-3/h4-12H,13H2,1-3H3. The van der Waals surface area contributed by atoms with Crippen LogP contribution in [0.1, 0.15) is 21.6 Å². The van der Waals surface area contributed by atoms with Crippen LogP contribution in [0, 0.1) is 6.92 Å². The molecule has 1 amide bonds. The normalized spacial score (nSPS) is 10.8. The van der Waals surface area contributed by atoms with Crippen LogP contribution in [-0.4, -0.2) is 30.1 Å². The van der Waals surface area contributed by atoms with Crippen molar-refractivity contribution in [2.24, 2.45) is 0 Å². The van der Waals surface area contributed by atoms with Crippen LogP contribution in [0.4, 0.5) is 5.13 Å². The maximum absolute atomic E-state index is 13.6. The van der Waals surface area contributed by atoms with Gasteiger partial charge in [0.25, 0.3) is 5.91 Å². The molecule has 4 aromatic rings. The van der Waals surface area contributed by atoms with Gasteiger partial charge < -0.3 is 9.47 Å². The number of nitrogens with zero attached hydrogens (tertiary/aromatic N) is 3. The van der Waals surface area contributed by atoms with Gasteiger partial charge in [-0.3, -0.25) is 14.7 Å². The van der Waals surface area contributed by atoms with Crippen molar-refractivity contribution >= 4 is 44.2 Å². The minimum atomic E-state index is -0.223. The van der Waals surface area contributed by atoms with Crippen LogP contribution >= 0.6 is 22.9 Å². The van der Waals surface area contributed by atoms with E-state index in [1.165, 1.54) is 18.4 Å². The fraction of sp³-hybridized carbons (Fsp3) is 0.174. The third-order valence-electron chi connectivity index (χ3n) is 4.84. The minimum absolute atomic E-state index is 0.223. The molecule has 0 N–H and O–H groups in total. The van der Waals surface area contributed by atoms with Gasteiger partial charge in [0.1, 0.15) is 0 Å². The largest absolute Gasteiger partial charge is 0.493 e. The number of ether oxygens (including phenoxy) is 2. The van der Waals surface area contributed by atoms with Gasteiger partial charge in [-0.05, 0) is 48.9 Å². The second kappa shape index (κ2) is 8.91. The molecule has 4 rings (SSSR count). The molecule has 0 saturated heterocycles. The lowest BCUT2D eigenvalue weighted by molar-refractivity contribution is 0.0984. The van der Waals surface area contributed by atoms with Crippen molar-refractivity contribution in [3.05, 3.63) is 76.6 Å². The predicted octanol–water partition coefficient (Wildman–Crippen LogP) is 5.52. The van der Waals surface area contributed by atoms with Crippen molar-refractivity contribution in [2.75, 3.05) is 19.1 Å². The van der Waals surface area contributed by atoms with Crippen LogP contribution in [0.25, 0.3) is 10.2 Å². The first-order valence-corrected chi connectivity index (χ1v) is 10.7. The number of thiazole rings is 1. The average Bonchev–Trinajstić information content (AvgIpc) is 3.26. The van der Waals surface area contributed by atoms with E-state index in [0.29, 0.717) is 27.2 Å². The Bertz CT molecular complexity index is 1200. The molecule has 0 aliphatic rings. The third-order valence-corrected chi connectivity index (χ3v) is 6.38. The highest BCUT2D eigenvalue weighted by Crippen LogP contribution is 2.37. The van der Waals surface area contributed by atoms with Crippen LogP contribution in [0.15, 0.2) is 54.7 Å². The van der Waals surface area contributed by atoms with E-state index >= 15 is 0 Å². The number of hydrogen-bond donors (Lipinski definition) is 0. The summed E-state index contributed by atoms with van der Waals surface area (Å²) in [4.78, 5) is 24.3. The molecule has 0 bridgehead atoms. The van der Waals surface area contributed by atoms with Gasteiger partial charge in [-0.1, -0.05) is 35.1 Å². The van der Waals surface area contributed by atoms with E-state index < -0.39 is 0 Å². The molecule has 158 valence electrons. The van der Waals surface area contributed by atoms with Crippen LogP contribution in [0.5, 0.6) is 11.5 Å². The number of aryl methyl sites for hydroxylation is 1. The van der Waals surface area contributed by atoms with Gasteiger partial charge in [0, 0.05) is 11.8 Å². The monoisotopic (exact) mass is 453 g/mol. The second-order valence-corrected chi connectivity index (χ2v) is 8.21. The predicted molar refractivity (Wildman–Crippen MR) is 124 cm³/mol. The first-order chi connectivity index (χ1) is 15.0. The Balaban J connectivity index is 1.81. The molecule has 31 heavy (non-hydrogen) atoms. The van der Waals surface area contributed by atoms with Gasteiger partial charge in [-0.2, -0.15) is 0 Å². The summed E-state index contributed by atoms with van der Waals surface area (Å²) in [5.41, 5.74) is 2.99. The van der Waals surface area contributed by atoms with Crippen molar-refractivity contribution in [1.82, 2.24) is 9.97 Å². The number of benzene rings is 2. The number of carbonyl (C=O) groups excluding carboxylic acids is 1. The Morgan fingerprint density at radius 3 is 2.58 bits per heavy atom. The number of hydrogen-bond acceptors (Lipinski definition) is 6. The van der Waals surface area contributed by atoms with Gasteiger partial charge in [0.15, 0.2) is 16.6 Å². The summed E-state index contributed by atoms with van der Waals surface area (Å²) in [5.74, 6) is 0.812. The summed E-state index contributed by atoms with van der Waals surface area (Å²) in [5, 5.41) is 1.16. The number of anilines is 1. The molecule has 8 heteroatoms. The molecule has 0 radical (unpaired) electrons. The van der Waals surface area contributed by atoms with Gasteiger partial charge in [-0.15, -0.1) is 0 Å². The fourth-order valence-electron chi connectivity index (χ4n) is 3.21. The SMILES string of the molecule is COc1ccc(C(=O)N(Cc2ccccn2)c2nc3c(C)ccc(Cl)c3s2)cc1OC.